The van der Waals surface area contributed by atoms with Gasteiger partial charge in [0.05, 0.1) is 11.8 Å². The van der Waals surface area contributed by atoms with Crippen LogP contribution >= 0.6 is 0 Å². The van der Waals surface area contributed by atoms with Crippen LogP contribution in [0, 0.1) is 5.92 Å². The van der Waals surface area contributed by atoms with E-state index in [9.17, 15) is 24.7 Å². The monoisotopic (exact) mass is 413 g/mol. The number of hydrogen-bond donors (Lipinski definition) is 5. The fraction of sp³-hybridized carbons (Fsp3) is 0.381. The SMILES string of the molecule is CC(C)[C@H](CNC(=O)[C@@H](NC(=O)c1cccc(-c2ccccc2)n1)[C@@H](C)O)B(O)O. The normalized spacial score (nSPS) is 14.0. The lowest BCUT2D eigenvalue weighted by molar-refractivity contribution is -0.125. The van der Waals surface area contributed by atoms with Crippen molar-refractivity contribution >= 4 is 18.9 Å². The van der Waals surface area contributed by atoms with Crippen molar-refractivity contribution < 1.29 is 24.7 Å². The molecule has 0 spiro atoms. The van der Waals surface area contributed by atoms with E-state index >= 15 is 0 Å². The minimum atomic E-state index is -1.59. The average Bonchev–Trinajstić information content (AvgIpc) is 2.71. The van der Waals surface area contributed by atoms with Gasteiger partial charge >= 0.3 is 7.12 Å². The molecule has 0 saturated heterocycles. The van der Waals surface area contributed by atoms with Gasteiger partial charge in [-0.1, -0.05) is 50.2 Å². The number of amides is 2. The number of pyridine rings is 1. The molecule has 0 aliphatic heterocycles. The molecule has 2 aromatic rings. The average molecular weight is 413 g/mol. The molecule has 0 saturated carbocycles. The number of hydrogen-bond acceptors (Lipinski definition) is 6. The number of aliphatic hydroxyl groups excluding tert-OH is 1. The molecular formula is C21H28BN3O5. The van der Waals surface area contributed by atoms with Gasteiger partial charge in [0.25, 0.3) is 5.91 Å². The molecule has 9 heteroatoms. The molecular weight excluding hydrogens is 385 g/mol. The predicted octanol–water partition coefficient (Wildman–Crippen LogP) is 0.843. The Hall–Kier alpha value is -2.75. The van der Waals surface area contributed by atoms with Crippen molar-refractivity contribution in [3.63, 3.8) is 0 Å². The van der Waals surface area contributed by atoms with Crippen LogP contribution in [0.2, 0.25) is 5.82 Å². The summed E-state index contributed by atoms with van der Waals surface area (Å²) in [6, 6.07) is 13.1. The number of aromatic nitrogens is 1. The summed E-state index contributed by atoms with van der Waals surface area (Å²) < 4.78 is 0. The van der Waals surface area contributed by atoms with Crippen molar-refractivity contribution in [1.29, 1.82) is 0 Å². The summed E-state index contributed by atoms with van der Waals surface area (Å²) in [5.74, 6) is -1.89. The lowest BCUT2D eigenvalue weighted by atomic mass is 9.66. The molecule has 0 fully saturated rings. The van der Waals surface area contributed by atoms with Crippen LogP contribution in [0.15, 0.2) is 48.5 Å². The molecule has 8 nitrogen and oxygen atoms in total. The van der Waals surface area contributed by atoms with Crippen LogP contribution in [0.5, 0.6) is 0 Å². The van der Waals surface area contributed by atoms with Crippen LogP contribution in [0.4, 0.5) is 0 Å². The number of carbonyl (C=O) groups excluding carboxylic acids is 2. The first-order valence-electron chi connectivity index (χ1n) is 9.86. The highest BCUT2D eigenvalue weighted by atomic mass is 16.4. The molecule has 0 aliphatic carbocycles. The second kappa shape index (κ2) is 10.9. The molecule has 1 aromatic carbocycles. The van der Waals surface area contributed by atoms with Gasteiger partial charge in [0.1, 0.15) is 11.7 Å². The molecule has 3 atom stereocenters. The van der Waals surface area contributed by atoms with Crippen molar-refractivity contribution in [3.8, 4) is 11.3 Å². The third-order valence-corrected chi connectivity index (χ3v) is 4.85. The summed E-state index contributed by atoms with van der Waals surface area (Å²) in [7, 11) is -1.59. The van der Waals surface area contributed by atoms with Crippen LogP contribution in [0.3, 0.4) is 0 Å². The number of nitrogens with zero attached hydrogens (tertiary/aromatic N) is 1. The third-order valence-electron chi connectivity index (χ3n) is 4.85. The highest BCUT2D eigenvalue weighted by Gasteiger charge is 2.30. The van der Waals surface area contributed by atoms with E-state index in [0.717, 1.165) is 5.56 Å². The van der Waals surface area contributed by atoms with Gasteiger partial charge in [-0.3, -0.25) is 9.59 Å². The largest absolute Gasteiger partial charge is 0.456 e. The first kappa shape index (κ1) is 23.5. The molecule has 1 heterocycles. The van der Waals surface area contributed by atoms with E-state index in [2.05, 4.69) is 15.6 Å². The zero-order valence-electron chi connectivity index (χ0n) is 17.3. The molecule has 30 heavy (non-hydrogen) atoms. The maximum atomic E-state index is 12.7. The van der Waals surface area contributed by atoms with Gasteiger partial charge in [-0.2, -0.15) is 0 Å². The molecule has 160 valence electrons. The van der Waals surface area contributed by atoms with Gasteiger partial charge in [0.15, 0.2) is 0 Å². The van der Waals surface area contributed by atoms with Crippen molar-refractivity contribution in [1.82, 2.24) is 15.6 Å². The molecule has 0 bridgehead atoms. The Morgan fingerprint density at radius 1 is 1.03 bits per heavy atom. The van der Waals surface area contributed by atoms with Crippen LogP contribution < -0.4 is 10.6 Å². The number of nitrogens with one attached hydrogen (secondary N) is 2. The van der Waals surface area contributed by atoms with E-state index in [4.69, 9.17) is 0 Å². The Balaban J connectivity index is 2.09. The smallest absolute Gasteiger partial charge is 0.427 e. The third kappa shape index (κ3) is 6.38. The van der Waals surface area contributed by atoms with Gasteiger partial charge in [0, 0.05) is 17.9 Å². The first-order chi connectivity index (χ1) is 14.2. The van der Waals surface area contributed by atoms with Crippen LogP contribution in [0.1, 0.15) is 31.3 Å². The lowest BCUT2D eigenvalue weighted by Crippen LogP contribution is -2.53. The van der Waals surface area contributed by atoms with Crippen molar-refractivity contribution in [2.24, 2.45) is 5.92 Å². The molecule has 0 radical (unpaired) electrons. The zero-order chi connectivity index (χ0) is 22.3. The van der Waals surface area contributed by atoms with Crippen LogP contribution in [0.25, 0.3) is 11.3 Å². The fourth-order valence-corrected chi connectivity index (χ4v) is 2.97. The quantitative estimate of drug-likeness (QED) is 0.387. The zero-order valence-corrected chi connectivity index (χ0v) is 17.3. The highest BCUT2D eigenvalue weighted by molar-refractivity contribution is 6.43. The standard InChI is InChI=1S/C21H28BN3O5/c1-13(2)16(22(29)30)12-23-21(28)19(14(3)26)25-20(27)18-11-7-10-17(24-18)15-8-5-4-6-9-15/h4-11,13-14,16,19,26,29-30H,12H2,1-3H3,(H,23,28)(H,25,27)/t14-,16+,19+/m1/s1. The highest BCUT2D eigenvalue weighted by Crippen LogP contribution is 2.18. The lowest BCUT2D eigenvalue weighted by Gasteiger charge is -2.24. The molecule has 2 amide bonds. The molecule has 2 rings (SSSR count). The summed E-state index contributed by atoms with van der Waals surface area (Å²) in [6.45, 7) is 4.99. The van der Waals surface area contributed by atoms with E-state index in [1.54, 1.807) is 26.0 Å². The summed E-state index contributed by atoms with van der Waals surface area (Å²) in [5, 5.41) is 33.9. The summed E-state index contributed by atoms with van der Waals surface area (Å²) >= 11 is 0. The molecule has 0 unspecified atom stereocenters. The van der Waals surface area contributed by atoms with E-state index in [1.165, 1.54) is 13.0 Å². The fourth-order valence-electron chi connectivity index (χ4n) is 2.97. The van der Waals surface area contributed by atoms with Gasteiger partial charge in [-0.25, -0.2) is 4.98 Å². The van der Waals surface area contributed by atoms with Crippen molar-refractivity contribution in [2.75, 3.05) is 6.54 Å². The van der Waals surface area contributed by atoms with Crippen molar-refractivity contribution in [3.05, 3.63) is 54.2 Å². The first-order valence-corrected chi connectivity index (χ1v) is 9.86. The number of aliphatic hydroxyl groups is 1. The van der Waals surface area contributed by atoms with Crippen LogP contribution in [-0.2, 0) is 4.79 Å². The molecule has 0 aliphatic rings. The van der Waals surface area contributed by atoms with Crippen molar-refractivity contribution in [2.45, 2.75) is 38.7 Å². The van der Waals surface area contributed by atoms with E-state index in [0.29, 0.717) is 5.69 Å². The number of rotatable bonds is 9. The number of carbonyl (C=O) groups is 2. The maximum Gasteiger partial charge on any atom is 0.456 e. The van der Waals surface area contributed by atoms with E-state index < -0.39 is 36.9 Å². The Morgan fingerprint density at radius 2 is 1.70 bits per heavy atom. The van der Waals surface area contributed by atoms with Gasteiger partial charge in [0.2, 0.25) is 5.91 Å². The minimum absolute atomic E-state index is 0.00496. The Morgan fingerprint density at radius 3 is 2.27 bits per heavy atom. The van der Waals surface area contributed by atoms with Gasteiger partial charge in [-0.05, 0) is 25.0 Å². The molecule has 5 N–H and O–H groups in total. The summed E-state index contributed by atoms with van der Waals surface area (Å²) in [6.07, 6.45) is -1.16. The van der Waals surface area contributed by atoms with Gasteiger partial charge in [-0.15, -0.1) is 0 Å². The Labute approximate surface area is 176 Å². The van der Waals surface area contributed by atoms with E-state index in [-0.39, 0.29) is 18.2 Å². The summed E-state index contributed by atoms with van der Waals surface area (Å²) in [4.78, 5) is 29.5. The molecule has 1 aromatic heterocycles. The Bertz CT molecular complexity index is 838. The second-order valence-electron chi connectivity index (χ2n) is 7.53. The Kier molecular flexibility index (Phi) is 8.52. The topological polar surface area (TPSA) is 132 Å². The minimum Gasteiger partial charge on any atom is -0.427 e. The summed E-state index contributed by atoms with van der Waals surface area (Å²) in [5.41, 5.74) is 1.57. The number of benzene rings is 1. The predicted molar refractivity (Wildman–Crippen MR) is 114 cm³/mol. The maximum absolute atomic E-state index is 12.7. The second-order valence-corrected chi connectivity index (χ2v) is 7.53. The van der Waals surface area contributed by atoms with Gasteiger partial charge < -0.3 is 25.8 Å². The van der Waals surface area contributed by atoms with E-state index in [1.807, 2.05) is 30.3 Å². The van der Waals surface area contributed by atoms with Crippen LogP contribution in [-0.4, -0.2) is 57.8 Å².